The van der Waals surface area contributed by atoms with E-state index in [4.69, 9.17) is 27.9 Å². The van der Waals surface area contributed by atoms with Crippen molar-refractivity contribution in [2.24, 2.45) is 7.05 Å². The predicted molar refractivity (Wildman–Crippen MR) is 77.9 cm³/mol. The van der Waals surface area contributed by atoms with Crippen LogP contribution in [0.4, 0.5) is 0 Å². The molecule has 1 saturated heterocycles. The second-order valence-electron chi connectivity index (χ2n) is 5.06. The molecule has 4 nitrogen and oxygen atoms in total. The van der Waals surface area contributed by atoms with Crippen LogP contribution in [-0.2, 0) is 24.8 Å². The summed E-state index contributed by atoms with van der Waals surface area (Å²) >= 11 is 12.5. The van der Waals surface area contributed by atoms with Gasteiger partial charge in [0.1, 0.15) is 0 Å². The Kier molecular flexibility index (Phi) is 5.12. The number of halogens is 2. The lowest BCUT2D eigenvalue weighted by Crippen LogP contribution is -2.50. The number of alkyl halides is 1. The SMILES string of the molecule is CCc1nn(C)c(CNC2(CCl)CCOCC2)c1Cl. The number of nitrogens with zero attached hydrogens (tertiary/aromatic N) is 2. The van der Waals surface area contributed by atoms with Gasteiger partial charge in [0.25, 0.3) is 0 Å². The Balaban J connectivity index is 2.07. The maximum Gasteiger partial charge on any atom is 0.0863 e. The second kappa shape index (κ2) is 6.44. The van der Waals surface area contributed by atoms with Gasteiger partial charge in [-0.15, -0.1) is 11.6 Å². The molecule has 0 aliphatic carbocycles. The van der Waals surface area contributed by atoms with E-state index in [1.165, 1.54) is 0 Å². The number of rotatable bonds is 5. The Morgan fingerprint density at radius 2 is 2.11 bits per heavy atom. The van der Waals surface area contributed by atoms with Crippen LogP contribution >= 0.6 is 23.2 Å². The number of hydrogen-bond donors (Lipinski definition) is 1. The number of ether oxygens (including phenoxy) is 1. The summed E-state index contributed by atoms with van der Waals surface area (Å²) in [5, 5.41) is 8.76. The van der Waals surface area contributed by atoms with E-state index < -0.39 is 0 Å². The first kappa shape index (κ1) is 15.1. The van der Waals surface area contributed by atoms with Gasteiger partial charge in [-0.05, 0) is 19.3 Å². The van der Waals surface area contributed by atoms with Gasteiger partial charge in [-0.3, -0.25) is 4.68 Å². The third kappa shape index (κ3) is 3.24. The lowest BCUT2D eigenvalue weighted by atomic mass is 9.92. The van der Waals surface area contributed by atoms with Crippen LogP contribution in [0.3, 0.4) is 0 Å². The van der Waals surface area contributed by atoms with E-state index in [1.54, 1.807) is 0 Å². The largest absolute Gasteiger partial charge is 0.381 e. The summed E-state index contributed by atoms with van der Waals surface area (Å²) in [5.74, 6) is 0.590. The van der Waals surface area contributed by atoms with Crippen LogP contribution in [0.2, 0.25) is 5.02 Å². The van der Waals surface area contributed by atoms with E-state index >= 15 is 0 Å². The zero-order chi connectivity index (χ0) is 13.9. The molecule has 6 heteroatoms. The minimum atomic E-state index is -0.0419. The van der Waals surface area contributed by atoms with Crippen molar-refractivity contribution in [2.45, 2.75) is 38.3 Å². The quantitative estimate of drug-likeness (QED) is 0.850. The van der Waals surface area contributed by atoms with Gasteiger partial charge in [-0.25, -0.2) is 0 Å². The monoisotopic (exact) mass is 305 g/mol. The highest BCUT2D eigenvalue weighted by Crippen LogP contribution is 2.25. The third-order valence-corrected chi connectivity index (χ3v) is 4.79. The summed E-state index contributed by atoms with van der Waals surface area (Å²) in [5.41, 5.74) is 1.93. The molecule has 0 saturated carbocycles. The highest BCUT2D eigenvalue weighted by Gasteiger charge is 2.31. The fraction of sp³-hybridized carbons (Fsp3) is 0.769. The van der Waals surface area contributed by atoms with Gasteiger partial charge in [0, 0.05) is 38.2 Å². The molecule has 1 N–H and O–H groups in total. The second-order valence-corrected chi connectivity index (χ2v) is 5.71. The number of aromatic nitrogens is 2. The molecular weight excluding hydrogens is 285 g/mol. The zero-order valence-corrected chi connectivity index (χ0v) is 13.0. The first-order valence-corrected chi connectivity index (χ1v) is 7.62. The average Bonchev–Trinajstić information content (AvgIpc) is 2.72. The van der Waals surface area contributed by atoms with Crippen molar-refractivity contribution in [3.8, 4) is 0 Å². The van der Waals surface area contributed by atoms with Crippen molar-refractivity contribution in [3.63, 3.8) is 0 Å². The standard InChI is InChI=1S/C13H21Cl2N3O/c1-3-10-12(15)11(18(2)17-10)8-16-13(9-14)4-6-19-7-5-13/h16H,3-9H2,1-2H3. The van der Waals surface area contributed by atoms with Crippen LogP contribution < -0.4 is 5.32 Å². The van der Waals surface area contributed by atoms with Crippen molar-refractivity contribution in [3.05, 3.63) is 16.4 Å². The third-order valence-electron chi connectivity index (χ3n) is 3.84. The van der Waals surface area contributed by atoms with Crippen LogP contribution in [-0.4, -0.2) is 34.4 Å². The van der Waals surface area contributed by atoms with E-state index in [0.717, 1.165) is 48.9 Å². The smallest absolute Gasteiger partial charge is 0.0863 e. The molecule has 2 rings (SSSR count). The van der Waals surface area contributed by atoms with Crippen molar-refractivity contribution >= 4 is 23.2 Å². The first-order chi connectivity index (χ1) is 9.12. The topological polar surface area (TPSA) is 39.1 Å². The van der Waals surface area contributed by atoms with Gasteiger partial charge in [0.15, 0.2) is 0 Å². The summed E-state index contributed by atoms with van der Waals surface area (Å²) in [6.07, 6.45) is 2.72. The molecule has 2 heterocycles. The number of hydrogen-bond acceptors (Lipinski definition) is 3. The molecule has 1 aromatic heterocycles. The normalized spacial score (nSPS) is 18.7. The van der Waals surface area contributed by atoms with Gasteiger partial charge in [0.2, 0.25) is 0 Å². The lowest BCUT2D eigenvalue weighted by Gasteiger charge is -2.36. The van der Waals surface area contributed by atoms with Crippen LogP contribution in [0, 0.1) is 0 Å². The van der Waals surface area contributed by atoms with Crippen molar-refractivity contribution in [1.29, 1.82) is 0 Å². The van der Waals surface area contributed by atoms with Gasteiger partial charge in [-0.1, -0.05) is 18.5 Å². The van der Waals surface area contributed by atoms with Gasteiger partial charge in [0.05, 0.1) is 16.4 Å². The Morgan fingerprint density at radius 1 is 1.42 bits per heavy atom. The van der Waals surface area contributed by atoms with Crippen LogP contribution in [0.15, 0.2) is 0 Å². The molecule has 0 amide bonds. The molecule has 0 radical (unpaired) electrons. The fourth-order valence-electron chi connectivity index (χ4n) is 2.40. The molecule has 0 unspecified atom stereocenters. The van der Waals surface area contributed by atoms with Crippen molar-refractivity contribution in [1.82, 2.24) is 15.1 Å². The van der Waals surface area contributed by atoms with Gasteiger partial charge in [-0.2, -0.15) is 5.10 Å². The fourth-order valence-corrected chi connectivity index (χ4v) is 3.13. The molecule has 0 atom stereocenters. The Labute approximate surface area is 124 Å². The van der Waals surface area contributed by atoms with Gasteiger partial charge < -0.3 is 10.1 Å². The van der Waals surface area contributed by atoms with Crippen LogP contribution in [0.25, 0.3) is 0 Å². The Bertz CT molecular complexity index is 428. The van der Waals surface area contributed by atoms with E-state index in [1.807, 2.05) is 11.7 Å². The van der Waals surface area contributed by atoms with Crippen LogP contribution in [0.5, 0.6) is 0 Å². The zero-order valence-electron chi connectivity index (χ0n) is 11.5. The van der Waals surface area contributed by atoms with Crippen molar-refractivity contribution in [2.75, 3.05) is 19.1 Å². The van der Waals surface area contributed by atoms with Crippen LogP contribution in [0.1, 0.15) is 31.2 Å². The lowest BCUT2D eigenvalue weighted by molar-refractivity contribution is 0.0457. The summed E-state index contributed by atoms with van der Waals surface area (Å²) in [6, 6.07) is 0. The first-order valence-electron chi connectivity index (χ1n) is 6.71. The minimum absolute atomic E-state index is 0.0419. The molecule has 0 spiro atoms. The highest BCUT2D eigenvalue weighted by molar-refractivity contribution is 6.31. The summed E-state index contributed by atoms with van der Waals surface area (Å²) < 4.78 is 7.26. The average molecular weight is 306 g/mol. The molecule has 19 heavy (non-hydrogen) atoms. The molecule has 0 aromatic carbocycles. The molecule has 1 fully saturated rings. The van der Waals surface area contributed by atoms with E-state index in [0.29, 0.717) is 12.4 Å². The van der Waals surface area contributed by atoms with Crippen molar-refractivity contribution < 1.29 is 4.74 Å². The molecule has 108 valence electrons. The molecule has 1 aromatic rings. The Hall–Kier alpha value is -0.290. The van der Waals surface area contributed by atoms with Gasteiger partial charge >= 0.3 is 0 Å². The summed E-state index contributed by atoms with van der Waals surface area (Å²) in [4.78, 5) is 0. The van der Waals surface area contributed by atoms with E-state index in [-0.39, 0.29) is 5.54 Å². The highest BCUT2D eigenvalue weighted by atomic mass is 35.5. The summed E-state index contributed by atoms with van der Waals surface area (Å²) in [6.45, 7) is 4.28. The number of aryl methyl sites for hydroxylation is 2. The minimum Gasteiger partial charge on any atom is -0.381 e. The Morgan fingerprint density at radius 3 is 2.63 bits per heavy atom. The molecule has 0 bridgehead atoms. The van der Waals surface area contributed by atoms with E-state index in [9.17, 15) is 0 Å². The maximum absolute atomic E-state index is 6.36. The van der Waals surface area contributed by atoms with E-state index in [2.05, 4.69) is 17.3 Å². The maximum atomic E-state index is 6.36. The molecule has 1 aliphatic heterocycles. The molecular formula is C13H21Cl2N3O. The number of nitrogens with one attached hydrogen (secondary N) is 1. The predicted octanol–water partition coefficient (Wildman–Crippen LogP) is 2.51. The molecule has 1 aliphatic rings. The summed E-state index contributed by atoms with van der Waals surface area (Å²) in [7, 11) is 1.93.